The summed E-state index contributed by atoms with van der Waals surface area (Å²) >= 11 is 0. The molecule has 2 aliphatic heterocycles. The molecular formula is C15H23N3O. The molecule has 1 aromatic rings. The molecule has 0 saturated carbocycles. The molecular weight excluding hydrogens is 238 g/mol. The van der Waals surface area contributed by atoms with Gasteiger partial charge in [-0.25, -0.2) is 4.98 Å². The van der Waals surface area contributed by atoms with Crippen LogP contribution in [0.1, 0.15) is 25.7 Å². The van der Waals surface area contributed by atoms with Crippen LogP contribution < -0.4 is 10.2 Å². The number of anilines is 2. The van der Waals surface area contributed by atoms with E-state index in [1.165, 1.54) is 25.7 Å². The number of pyridine rings is 1. The van der Waals surface area contributed by atoms with Crippen LogP contribution in [0.3, 0.4) is 0 Å². The first-order chi connectivity index (χ1) is 9.42. The number of nitrogens with zero attached hydrogens (tertiary/aromatic N) is 2. The molecule has 0 bridgehead atoms. The van der Waals surface area contributed by atoms with Crippen LogP contribution in [-0.4, -0.2) is 37.8 Å². The van der Waals surface area contributed by atoms with Crippen LogP contribution in [0.2, 0.25) is 0 Å². The summed E-state index contributed by atoms with van der Waals surface area (Å²) < 4.78 is 5.38. The summed E-state index contributed by atoms with van der Waals surface area (Å²) in [7, 11) is 0. The molecule has 3 heterocycles. The second kappa shape index (κ2) is 6.24. The van der Waals surface area contributed by atoms with Crippen LogP contribution in [0.25, 0.3) is 0 Å². The highest BCUT2D eigenvalue weighted by Gasteiger charge is 2.14. The fourth-order valence-electron chi connectivity index (χ4n) is 2.84. The minimum absolute atomic E-state index is 0.743. The van der Waals surface area contributed by atoms with Gasteiger partial charge in [0.05, 0.1) is 11.9 Å². The Hall–Kier alpha value is -1.29. The van der Waals surface area contributed by atoms with Crippen LogP contribution in [0.5, 0.6) is 0 Å². The van der Waals surface area contributed by atoms with Gasteiger partial charge in [-0.1, -0.05) is 0 Å². The number of ether oxygens (including phenoxy) is 1. The molecule has 104 valence electrons. The van der Waals surface area contributed by atoms with Crippen molar-refractivity contribution in [3.63, 3.8) is 0 Å². The summed E-state index contributed by atoms with van der Waals surface area (Å²) in [6.07, 6.45) is 6.91. The van der Waals surface area contributed by atoms with Crippen LogP contribution in [0.15, 0.2) is 18.3 Å². The lowest BCUT2D eigenvalue weighted by molar-refractivity contribution is 0.0699. The predicted octanol–water partition coefficient (Wildman–Crippen LogP) is 2.52. The third-order valence-corrected chi connectivity index (χ3v) is 4.11. The zero-order valence-electron chi connectivity index (χ0n) is 11.5. The van der Waals surface area contributed by atoms with E-state index in [1.54, 1.807) is 0 Å². The number of nitrogens with one attached hydrogen (secondary N) is 1. The average Bonchev–Trinajstić information content (AvgIpc) is 3.01. The molecule has 19 heavy (non-hydrogen) atoms. The largest absolute Gasteiger partial charge is 0.384 e. The fourth-order valence-corrected chi connectivity index (χ4v) is 2.84. The zero-order valence-corrected chi connectivity index (χ0v) is 11.5. The average molecular weight is 261 g/mol. The predicted molar refractivity (Wildman–Crippen MR) is 77.7 cm³/mol. The lowest BCUT2D eigenvalue weighted by Gasteiger charge is -2.22. The number of hydrogen-bond acceptors (Lipinski definition) is 4. The highest BCUT2D eigenvalue weighted by Crippen LogP contribution is 2.20. The Bertz CT molecular complexity index is 381. The SMILES string of the molecule is c1cc(N2CCCC2)ncc1NCC1CCOCC1. The third-order valence-electron chi connectivity index (χ3n) is 4.11. The summed E-state index contributed by atoms with van der Waals surface area (Å²) in [5, 5.41) is 3.50. The monoisotopic (exact) mass is 261 g/mol. The standard InChI is InChI=1S/C15H23N3O/c1-2-8-18(7-1)15-4-3-14(12-17-15)16-11-13-5-9-19-10-6-13/h3-4,12-13,16H,1-2,5-11H2. The smallest absolute Gasteiger partial charge is 0.128 e. The fraction of sp³-hybridized carbons (Fsp3) is 0.667. The highest BCUT2D eigenvalue weighted by atomic mass is 16.5. The van der Waals surface area contributed by atoms with Crippen molar-refractivity contribution in [2.75, 3.05) is 43.1 Å². The minimum atomic E-state index is 0.743. The quantitative estimate of drug-likeness (QED) is 0.903. The van der Waals surface area contributed by atoms with Gasteiger partial charge in [0, 0.05) is 32.8 Å². The van der Waals surface area contributed by atoms with Crippen LogP contribution in [0, 0.1) is 5.92 Å². The van der Waals surface area contributed by atoms with Gasteiger partial charge in [0.2, 0.25) is 0 Å². The van der Waals surface area contributed by atoms with E-state index in [0.717, 1.165) is 50.3 Å². The van der Waals surface area contributed by atoms with Crippen molar-refractivity contribution in [1.82, 2.24) is 4.98 Å². The molecule has 2 saturated heterocycles. The molecule has 1 N–H and O–H groups in total. The number of rotatable bonds is 4. The maximum atomic E-state index is 5.38. The zero-order chi connectivity index (χ0) is 12.9. The topological polar surface area (TPSA) is 37.4 Å². The van der Waals surface area contributed by atoms with Crippen LogP contribution >= 0.6 is 0 Å². The Kier molecular flexibility index (Phi) is 4.18. The molecule has 4 nitrogen and oxygen atoms in total. The van der Waals surface area contributed by atoms with Gasteiger partial charge in [0.15, 0.2) is 0 Å². The molecule has 2 aliphatic rings. The van der Waals surface area contributed by atoms with E-state index in [4.69, 9.17) is 4.74 Å². The maximum absolute atomic E-state index is 5.38. The number of aromatic nitrogens is 1. The van der Waals surface area contributed by atoms with E-state index in [1.807, 2.05) is 6.20 Å². The molecule has 0 aromatic carbocycles. The summed E-state index contributed by atoms with van der Waals surface area (Å²) in [4.78, 5) is 6.93. The number of hydrogen-bond donors (Lipinski definition) is 1. The normalized spacial score (nSPS) is 20.7. The van der Waals surface area contributed by atoms with E-state index in [2.05, 4.69) is 27.3 Å². The molecule has 0 atom stereocenters. The second-order valence-electron chi connectivity index (χ2n) is 5.54. The summed E-state index contributed by atoms with van der Waals surface area (Å²) in [6.45, 7) is 5.18. The van der Waals surface area contributed by atoms with Crippen molar-refractivity contribution in [3.05, 3.63) is 18.3 Å². The van der Waals surface area contributed by atoms with E-state index < -0.39 is 0 Å². The van der Waals surface area contributed by atoms with Crippen molar-refractivity contribution in [2.24, 2.45) is 5.92 Å². The Labute approximate surface area is 115 Å². The Morgan fingerprint density at radius 2 is 2.00 bits per heavy atom. The highest BCUT2D eigenvalue weighted by molar-refractivity contribution is 5.49. The minimum Gasteiger partial charge on any atom is -0.384 e. The summed E-state index contributed by atoms with van der Waals surface area (Å²) in [5.41, 5.74) is 1.13. The van der Waals surface area contributed by atoms with E-state index >= 15 is 0 Å². The van der Waals surface area contributed by atoms with Gasteiger partial charge in [-0.2, -0.15) is 0 Å². The molecule has 4 heteroatoms. The summed E-state index contributed by atoms with van der Waals surface area (Å²) in [6, 6.07) is 4.29. The molecule has 0 amide bonds. The molecule has 0 unspecified atom stereocenters. The third kappa shape index (κ3) is 3.38. The Morgan fingerprint density at radius 1 is 1.21 bits per heavy atom. The van der Waals surface area contributed by atoms with Gasteiger partial charge in [-0.05, 0) is 43.7 Å². The molecule has 3 rings (SSSR count). The first kappa shape index (κ1) is 12.7. The van der Waals surface area contributed by atoms with Crippen molar-refractivity contribution >= 4 is 11.5 Å². The van der Waals surface area contributed by atoms with Gasteiger partial charge in [-0.3, -0.25) is 0 Å². The Morgan fingerprint density at radius 3 is 2.68 bits per heavy atom. The van der Waals surface area contributed by atoms with Crippen molar-refractivity contribution < 1.29 is 4.74 Å². The van der Waals surface area contributed by atoms with Crippen molar-refractivity contribution in [3.8, 4) is 0 Å². The second-order valence-corrected chi connectivity index (χ2v) is 5.54. The lowest BCUT2D eigenvalue weighted by Crippen LogP contribution is -2.23. The van der Waals surface area contributed by atoms with Gasteiger partial charge >= 0.3 is 0 Å². The first-order valence-electron chi connectivity index (χ1n) is 7.44. The van der Waals surface area contributed by atoms with E-state index in [0.29, 0.717) is 0 Å². The van der Waals surface area contributed by atoms with Crippen molar-refractivity contribution in [2.45, 2.75) is 25.7 Å². The van der Waals surface area contributed by atoms with Gasteiger partial charge in [0.25, 0.3) is 0 Å². The van der Waals surface area contributed by atoms with Crippen molar-refractivity contribution in [1.29, 1.82) is 0 Å². The van der Waals surface area contributed by atoms with E-state index in [9.17, 15) is 0 Å². The molecule has 2 fully saturated rings. The molecule has 0 radical (unpaired) electrons. The molecule has 0 aliphatic carbocycles. The van der Waals surface area contributed by atoms with Crippen LogP contribution in [0.4, 0.5) is 11.5 Å². The van der Waals surface area contributed by atoms with Gasteiger partial charge in [0.1, 0.15) is 5.82 Å². The molecule has 1 aromatic heterocycles. The van der Waals surface area contributed by atoms with E-state index in [-0.39, 0.29) is 0 Å². The van der Waals surface area contributed by atoms with Gasteiger partial charge < -0.3 is 15.0 Å². The van der Waals surface area contributed by atoms with Crippen LogP contribution in [-0.2, 0) is 4.74 Å². The first-order valence-corrected chi connectivity index (χ1v) is 7.44. The lowest BCUT2D eigenvalue weighted by atomic mass is 10.0. The van der Waals surface area contributed by atoms with Gasteiger partial charge in [-0.15, -0.1) is 0 Å². The maximum Gasteiger partial charge on any atom is 0.128 e. The summed E-state index contributed by atoms with van der Waals surface area (Å²) in [5.74, 6) is 1.86. The Balaban J connectivity index is 1.50. The molecule has 0 spiro atoms.